The van der Waals surface area contributed by atoms with Crippen LogP contribution >= 0.6 is 0 Å². The Morgan fingerprint density at radius 1 is 1.00 bits per heavy atom. The molecule has 0 unspecified atom stereocenters. The summed E-state index contributed by atoms with van der Waals surface area (Å²) in [6.45, 7) is 0. The van der Waals surface area contributed by atoms with Crippen molar-refractivity contribution in [3.8, 4) is 22.6 Å². The average molecular weight is 247 g/mol. The number of ether oxygens (including phenoxy) is 2. The molecule has 18 heavy (non-hydrogen) atoms. The van der Waals surface area contributed by atoms with Crippen LogP contribution in [0.5, 0.6) is 11.5 Å². The third-order valence-electron chi connectivity index (χ3n) is 2.75. The highest BCUT2D eigenvalue weighted by atomic mass is 19.1. The Bertz CT molecular complexity index is 570. The van der Waals surface area contributed by atoms with Gasteiger partial charge in [-0.1, -0.05) is 18.2 Å². The number of halogens is 1. The van der Waals surface area contributed by atoms with Gasteiger partial charge in [-0.2, -0.15) is 0 Å². The predicted octanol–water partition coefficient (Wildman–Crippen LogP) is 3.09. The zero-order chi connectivity index (χ0) is 13.1. The molecule has 0 atom stereocenters. The van der Waals surface area contributed by atoms with Crippen molar-refractivity contribution in [2.75, 3.05) is 20.0 Å². The maximum atomic E-state index is 13.4. The van der Waals surface area contributed by atoms with Crippen molar-refractivity contribution in [2.45, 2.75) is 0 Å². The second-order valence-electron chi connectivity index (χ2n) is 3.77. The Balaban J connectivity index is 2.54. The van der Waals surface area contributed by atoms with Crippen LogP contribution in [0.2, 0.25) is 0 Å². The fourth-order valence-electron chi connectivity index (χ4n) is 1.79. The molecule has 0 amide bonds. The van der Waals surface area contributed by atoms with E-state index < -0.39 is 5.82 Å². The Hall–Kier alpha value is -2.23. The monoisotopic (exact) mass is 247 g/mol. The van der Waals surface area contributed by atoms with Gasteiger partial charge in [0, 0.05) is 5.56 Å². The summed E-state index contributed by atoms with van der Waals surface area (Å²) < 4.78 is 23.8. The molecule has 2 rings (SSSR count). The van der Waals surface area contributed by atoms with Gasteiger partial charge in [-0.25, -0.2) is 4.39 Å². The lowest BCUT2D eigenvalue weighted by atomic mass is 10.0. The molecule has 0 aliphatic carbocycles. The molecule has 3 nitrogen and oxygen atoms in total. The van der Waals surface area contributed by atoms with E-state index in [-0.39, 0.29) is 5.69 Å². The molecule has 0 saturated heterocycles. The minimum absolute atomic E-state index is 0.129. The molecular weight excluding hydrogens is 233 g/mol. The quantitative estimate of drug-likeness (QED) is 0.848. The number of methoxy groups -OCH3 is 2. The van der Waals surface area contributed by atoms with E-state index >= 15 is 0 Å². The molecule has 2 aromatic carbocycles. The van der Waals surface area contributed by atoms with Gasteiger partial charge in [0.05, 0.1) is 19.9 Å². The summed E-state index contributed by atoms with van der Waals surface area (Å²) in [5.41, 5.74) is 7.28. The maximum absolute atomic E-state index is 13.4. The van der Waals surface area contributed by atoms with E-state index in [4.69, 9.17) is 15.2 Å². The van der Waals surface area contributed by atoms with Crippen LogP contribution in [-0.4, -0.2) is 14.2 Å². The number of para-hydroxylation sites is 1. The molecule has 0 bridgehead atoms. The molecular formula is C14H14FNO2. The van der Waals surface area contributed by atoms with Gasteiger partial charge in [0.15, 0.2) is 11.5 Å². The average Bonchev–Trinajstić information content (AvgIpc) is 2.41. The second kappa shape index (κ2) is 4.96. The lowest BCUT2D eigenvalue weighted by Gasteiger charge is -2.11. The highest BCUT2D eigenvalue weighted by Crippen LogP contribution is 2.35. The third kappa shape index (κ3) is 2.09. The number of benzene rings is 2. The van der Waals surface area contributed by atoms with E-state index in [1.165, 1.54) is 6.07 Å². The first-order valence-corrected chi connectivity index (χ1v) is 5.43. The van der Waals surface area contributed by atoms with Crippen molar-refractivity contribution < 1.29 is 13.9 Å². The van der Waals surface area contributed by atoms with Gasteiger partial charge in [-0.05, 0) is 23.8 Å². The molecule has 0 saturated carbocycles. The van der Waals surface area contributed by atoms with Crippen molar-refractivity contribution in [1.29, 1.82) is 0 Å². The van der Waals surface area contributed by atoms with Crippen LogP contribution in [0.15, 0.2) is 36.4 Å². The Kier molecular flexibility index (Phi) is 3.37. The minimum Gasteiger partial charge on any atom is -0.493 e. The fourth-order valence-corrected chi connectivity index (χ4v) is 1.79. The standard InChI is InChI=1S/C14H14FNO2/c1-17-12-7-6-9(8-13(12)18-2)10-4-3-5-11(15)14(10)16/h3-8H,16H2,1-2H3. The van der Waals surface area contributed by atoms with E-state index in [2.05, 4.69) is 0 Å². The zero-order valence-electron chi connectivity index (χ0n) is 10.2. The molecule has 2 N–H and O–H groups in total. The summed E-state index contributed by atoms with van der Waals surface area (Å²) in [5.74, 6) is 0.775. The zero-order valence-corrected chi connectivity index (χ0v) is 10.2. The normalized spacial score (nSPS) is 10.2. The molecule has 0 aliphatic rings. The van der Waals surface area contributed by atoms with Gasteiger partial charge in [0.25, 0.3) is 0 Å². The molecule has 0 fully saturated rings. The SMILES string of the molecule is COc1ccc(-c2cccc(F)c2N)cc1OC. The number of hydrogen-bond donors (Lipinski definition) is 1. The van der Waals surface area contributed by atoms with Crippen LogP contribution in [0, 0.1) is 5.82 Å². The van der Waals surface area contributed by atoms with Gasteiger partial charge in [0.1, 0.15) is 5.82 Å². The first kappa shape index (κ1) is 12.2. The molecule has 0 aliphatic heterocycles. The van der Waals surface area contributed by atoms with Gasteiger partial charge >= 0.3 is 0 Å². The topological polar surface area (TPSA) is 44.5 Å². The summed E-state index contributed by atoms with van der Waals surface area (Å²) >= 11 is 0. The van der Waals surface area contributed by atoms with E-state index in [0.717, 1.165) is 5.56 Å². The van der Waals surface area contributed by atoms with E-state index in [0.29, 0.717) is 17.1 Å². The van der Waals surface area contributed by atoms with Gasteiger partial charge < -0.3 is 15.2 Å². The number of nitrogens with two attached hydrogens (primary N) is 1. The van der Waals surface area contributed by atoms with Crippen molar-refractivity contribution in [2.24, 2.45) is 0 Å². The molecule has 2 aromatic rings. The van der Waals surface area contributed by atoms with Crippen molar-refractivity contribution in [1.82, 2.24) is 0 Å². The number of nitrogen functional groups attached to an aromatic ring is 1. The molecule has 0 radical (unpaired) electrons. The van der Waals surface area contributed by atoms with Crippen molar-refractivity contribution in [3.05, 3.63) is 42.2 Å². The van der Waals surface area contributed by atoms with Crippen LogP contribution in [0.4, 0.5) is 10.1 Å². The smallest absolute Gasteiger partial charge is 0.161 e. The summed E-state index contributed by atoms with van der Waals surface area (Å²) in [7, 11) is 3.12. The fraction of sp³-hybridized carbons (Fsp3) is 0.143. The van der Waals surface area contributed by atoms with Crippen LogP contribution in [-0.2, 0) is 0 Å². The Morgan fingerprint density at radius 2 is 1.72 bits per heavy atom. The van der Waals surface area contributed by atoms with Gasteiger partial charge in [-0.15, -0.1) is 0 Å². The van der Waals surface area contributed by atoms with E-state index in [1.54, 1.807) is 38.5 Å². The summed E-state index contributed by atoms with van der Waals surface area (Å²) in [6.07, 6.45) is 0. The Labute approximate surface area is 105 Å². The van der Waals surface area contributed by atoms with E-state index in [1.807, 2.05) is 6.07 Å². The van der Waals surface area contributed by atoms with Crippen LogP contribution in [0.25, 0.3) is 11.1 Å². The van der Waals surface area contributed by atoms with Crippen LogP contribution in [0.3, 0.4) is 0 Å². The van der Waals surface area contributed by atoms with Gasteiger partial charge in [-0.3, -0.25) is 0 Å². The maximum Gasteiger partial charge on any atom is 0.161 e. The van der Waals surface area contributed by atoms with Crippen molar-refractivity contribution in [3.63, 3.8) is 0 Å². The minimum atomic E-state index is -0.428. The molecule has 0 spiro atoms. The van der Waals surface area contributed by atoms with Crippen LogP contribution < -0.4 is 15.2 Å². The molecule has 4 heteroatoms. The highest BCUT2D eigenvalue weighted by molar-refractivity contribution is 5.78. The lowest BCUT2D eigenvalue weighted by molar-refractivity contribution is 0.355. The first-order valence-electron chi connectivity index (χ1n) is 5.43. The summed E-state index contributed by atoms with van der Waals surface area (Å²) in [6, 6.07) is 10.1. The van der Waals surface area contributed by atoms with Crippen LogP contribution in [0.1, 0.15) is 0 Å². The first-order chi connectivity index (χ1) is 8.67. The predicted molar refractivity (Wildman–Crippen MR) is 69.4 cm³/mol. The van der Waals surface area contributed by atoms with Crippen molar-refractivity contribution >= 4 is 5.69 Å². The molecule has 0 heterocycles. The largest absolute Gasteiger partial charge is 0.493 e. The van der Waals surface area contributed by atoms with E-state index in [9.17, 15) is 4.39 Å². The van der Waals surface area contributed by atoms with Gasteiger partial charge in [0.2, 0.25) is 0 Å². The molecule has 94 valence electrons. The second-order valence-corrected chi connectivity index (χ2v) is 3.77. The lowest BCUT2D eigenvalue weighted by Crippen LogP contribution is -1.95. The number of anilines is 1. The summed E-state index contributed by atoms with van der Waals surface area (Å²) in [4.78, 5) is 0. The third-order valence-corrected chi connectivity index (χ3v) is 2.75. The molecule has 0 aromatic heterocycles. The summed E-state index contributed by atoms with van der Waals surface area (Å²) in [5, 5.41) is 0. The number of rotatable bonds is 3. The number of hydrogen-bond acceptors (Lipinski definition) is 3. The Morgan fingerprint density at radius 3 is 2.39 bits per heavy atom. The highest BCUT2D eigenvalue weighted by Gasteiger charge is 2.10.